The lowest BCUT2D eigenvalue weighted by atomic mass is 9.68. The number of benzene rings is 2. The monoisotopic (exact) mass is 389 g/mol. The van der Waals surface area contributed by atoms with E-state index < -0.39 is 5.97 Å². The molecular weight excluding hydrogens is 366 g/mol. The van der Waals surface area contributed by atoms with E-state index in [2.05, 4.69) is 39.7 Å². The molecular formula is C23H23N3O3. The average Bonchev–Trinajstić information content (AvgIpc) is 3.33. The Morgan fingerprint density at radius 1 is 1.14 bits per heavy atom. The van der Waals surface area contributed by atoms with Crippen LogP contribution in [0.25, 0.3) is 11.5 Å². The first-order valence-electron chi connectivity index (χ1n) is 10.1. The van der Waals surface area contributed by atoms with Crippen molar-refractivity contribution in [3.8, 4) is 11.5 Å². The second-order valence-electron chi connectivity index (χ2n) is 8.15. The van der Waals surface area contributed by atoms with Gasteiger partial charge in [0.15, 0.2) is 5.82 Å². The van der Waals surface area contributed by atoms with Crippen LogP contribution in [0.15, 0.2) is 59.1 Å². The number of hydrogen-bond acceptors (Lipinski definition) is 5. The third kappa shape index (κ3) is 3.34. The molecule has 3 aromatic rings. The summed E-state index contributed by atoms with van der Waals surface area (Å²) in [5, 5.41) is 17.4. The van der Waals surface area contributed by atoms with E-state index in [0.717, 1.165) is 32.2 Å². The highest BCUT2D eigenvalue weighted by Gasteiger charge is 2.46. The van der Waals surface area contributed by atoms with Gasteiger partial charge in [0.05, 0.1) is 11.1 Å². The van der Waals surface area contributed by atoms with E-state index >= 15 is 0 Å². The highest BCUT2D eigenvalue weighted by Crippen LogP contribution is 2.45. The van der Waals surface area contributed by atoms with Crippen molar-refractivity contribution < 1.29 is 14.4 Å². The van der Waals surface area contributed by atoms with Crippen LogP contribution in [0.2, 0.25) is 0 Å². The lowest BCUT2D eigenvalue weighted by molar-refractivity contribution is 0.0697. The van der Waals surface area contributed by atoms with Gasteiger partial charge in [-0.15, -0.1) is 0 Å². The third-order valence-electron chi connectivity index (χ3n) is 6.32. The molecule has 2 fully saturated rings. The molecule has 2 atom stereocenters. The van der Waals surface area contributed by atoms with Crippen molar-refractivity contribution in [2.24, 2.45) is 0 Å². The Kier molecular flexibility index (Phi) is 4.43. The van der Waals surface area contributed by atoms with Gasteiger partial charge in [-0.05, 0) is 37.0 Å². The first-order chi connectivity index (χ1) is 14.2. The fraction of sp³-hybridized carbons (Fsp3) is 0.348. The predicted molar refractivity (Wildman–Crippen MR) is 108 cm³/mol. The van der Waals surface area contributed by atoms with Gasteiger partial charge in [-0.2, -0.15) is 4.98 Å². The van der Waals surface area contributed by atoms with Gasteiger partial charge >= 0.3 is 5.97 Å². The van der Waals surface area contributed by atoms with E-state index in [4.69, 9.17) is 4.52 Å². The maximum absolute atomic E-state index is 11.5. The molecule has 29 heavy (non-hydrogen) atoms. The molecule has 0 aliphatic heterocycles. The Hall–Kier alpha value is -2.99. The van der Waals surface area contributed by atoms with Crippen LogP contribution in [0, 0.1) is 0 Å². The summed E-state index contributed by atoms with van der Waals surface area (Å²) in [5.41, 5.74) is 1.91. The number of aromatic nitrogens is 2. The number of nitrogens with one attached hydrogen (secondary N) is 1. The molecule has 0 bridgehead atoms. The number of carbonyl (C=O) groups is 1. The number of hydrogen-bond donors (Lipinski definition) is 2. The van der Waals surface area contributed by atoms with Crippen molar-refractivity contribution >= 4 is 5.97 Å². The first kappa shape index (κ1) is 18.1. The zero-order chi connectivity index (χ0) is 19.8. The minimum absolute atomic E-state index is 0.121. The zero-order valence-electron chi connectivity index (χ0n) is 16.0. The van der Waals surface area contributed by atoms with Gasteiger partial charge in [0.2, 0.25) is 0 Å². The molecule has 1 heterocycles. The minimum atomic E-state index is -0.999. The first-order valence-corrected chi connectivity index (χ1v) is 10.1. The molecule has 2 aromatic carbocycles. The SMILES string of the molecule is O=C(O)c1ccccc1-c1nc(C2(CN[C@H]3CC3c3ccccc3)CCC2)no1. The van der Waals surface area contributed by atoms with E-state index in [9.17, 15) is 9.90 Å². The highest BCUT2D eigenvalue weighted by atomic mass is 16.5. The predicted octanol–water partition coefficient (Wildman–Crippen LogP) is 4.00. The molecule has 6 heteroatoms. The smallest absolute Gasteiger partial charge is 0.336 e. The van der Waals surface area contributed by atoms with Gasteiger partial charge in [-0.1, -0.05) is 54.0 Å². The molecule has 0 amide bonds. The van der Waals surface area contributed by atoms with Crippen LogP contribution >= 0.6 is 0 Å². The Morgan fingerprint density at radius 3 is 2.62 bits per heavy atom. The van der Waals surface area contributed by atoms with Crippen LogP contribution in [-0.4, -0.2) is 33.8 Å². The summed E-state index contributed by atoms with van der Waals surface area (Å²) in [5.74, 6) is 0.541. The molecule has 1 aromatic heterocycles. The van der Waals surface area contributed by atoms with Crippen LogP contribution in [0.5, 0.6) is 0 Å². The summed E-state index contributed by atoms with van der Waals surface area (Å²) in [6.07, 6.45) is 4.33. The molecule has 2 aliphatic carbocycles. The van der Waals surface area contributed by atoms with Crippen molar-refractivity contribution in [2.75, 3.05) is 6.54 Å². The fourth-order valence-electron chi connectivity index (χ4n) is 4.30. The molecule has 0 radical (unpaired) electrons. The number of rotatable bonds is 7. The van der Waals surface area contributed by atoms with Crippen molar-refractivity contribution in [1.29, 1.82) is 0 Å². The second-order valence-corrected chi connectivity index (χ2v) is 8.15. The number of carboxylic acid groups (broad SMARTS) is 1. The molecule has 2 saturated carbocycles. The Morgan fingerprint density at radius 2 is 1.90 bits per heavy atom. The quantitative estimate of drug-likeness (QED) is 0.635. The van der Waals surface area contributed by atoms with Crippen molar-refractivity contribution in [2.45, 2.75) is 43.1 Å². The number of carboxylic acids is 1. The van der Waals surface area contributed by atoms with Crippen LogP contribution in [0.4, 0.5) is 0 Å². The summed E-state index contributed by atoms with van der Waals surface area (Å²) < 4.78 is 5.48. The minimum Gasteiger partial charge on any atom is -0.478 e. The van der Waals surface area contributed by atoms with Gasteiger partial charge in [0.25, 0.3) is 5.89 Å². The molecule has 6 nitrogen and oxygen atoms in total. The summed E-state index contributed by atoms with van der Waals surface area (Å²) in [6, 6.07) is 17.8. The average molecular weight is 389 g/mol. The third-order valence-corrected chi connectivity index (χ3v) is 6.32. The van der Waals surface area contributed by atoms with Gasteiger partial charge in [0, 0.05) is 23.9 Å². The maximum atomic E-state index is 11.5. The largest absolute Gasteiger partial charge is 0.478 e. The lowest BCUT2D eigenvalue weighted by Crippen LogP contribution is -2.45. The second kappa shape index (κ2) is 7.12. The van der Waals surface area contributed by atoms with Crippen molar-refractivity contribution in [3.05, 3.63) is 71.5 Å². The fourth-order valence-corrected chi connectivity index (χ4v) is 4.30. The summed E-state index contributed by atoms with van der Waals surface area (Å²) in [7, 11) is 0. The van der Waals surface area contributed by atoms with Gasteiger partial charge in [0.1, 0.15) is 0 Å². The highest BCUT2D eigenvalue weighted by molar-refractivity contribution is 5.94. The topological polar surface area (TPSA) is 88.2 Å². The Labute approximate surface area is 169 Å². The van der Waals surface area contributed by atoms with Crippen LogP contribution < -0.4 is 5.32 Å². The Bertz CT molecular complexity index is 1030. The van der Waals surface area contributed by atoms with E-state index in [1.807, 2.05) is 6.07 Å². The van der Waals surface area contributed by atoms with Crippen molar-refractivity contribution in [1.82, 2.24) is 15.5 Å². The number of nitrogens with zero attached hydrogens (tertiary/aromatic N) is 2. The van der Waals surface area contributed by atoms with E-state index in [1.54, 1.807) is 24.3 Å². The molecule has 2 N–H and O–H groups in total. The van der Waals surface area contributed by atoms with E-state index in [1.165, 1.54) is 5.56 Å². The van der Waals surface area contributed by atoms with Crippen molar-refractivity contribution in [3.63, 3.8) is 0 Å². The van der Waals surface area contributed by atoms with Gasteiger partial charge in [-0.25, -0.2) is 4.79 Å². The molecule has 1 unspecified atom stereocenters. The summed E-state index contributed by atoms with van der Waals surface area (Å²) in [6.45, 7) is 0.820. The molecule has 2 aliphatic rings. The Balaban J connectivity index is 1.31. The standard InChI is InChI=1S/C23H23N3O3/c27-21(28)17-10-5-4-9-16(17)20-25-22(26-29-20)23(11-6-12-23)14-24-19-13-18(19)15-7-2-1-3-8-15/h1-5,7-10,18-19,24H,6,11-14H2,(H,27,28)/t18?,19-/m0/s1. The number of aromatic carboxylic acids is 1. The maximum Gasteiger partial charge on any atom is 0.336 e. The lowest BCUT2D eigenvalue weighted by Gasteiger charge is -2.39. The van der Waals surface area contributed by atoms with Crippen LogP contribution in [-0.2, 0) is 5.41 Å². The molecule has 0 spiro atoms. The molecule has 5 rings (SSSR count). The molecule has 0 saturated heterocycles. The van der Waals surface area contributed by atoms with E-state index in [0.29, 0.717) is 23.3 Å². The summed E-state index contributed by atoms with van der Waals surface area (Å²) in [4.78, 5) is 16.1. The van der Waals surface area contributed by atoms with Gasteiger partial charge in [-0.3, -0.25) is 0 Å². The zero-order valence-corrected chi connectivity index (χ0v) is 16.0. The van der Waals surface area contributed by atoms with Gasteiger partial charge < -0.3 is 14.9 Å². The summed E-state index contributed by atoms with van der Waals surface area (Å²) >= 11 is 0. The van der Waals surface area contributed by atoms with Crippen LogP contribution in [0.1, 0.15) is 53.3 Å². The normalized spacial score (nSPS) is 22.1. The van der Waals surface area contributed by atoms with Crippen LogP contribution in [0.3, 0.4) is 0 Å². The molecule has 148 valence electrons. The van der Waals surface area contributed by atoms with E-state index in [-0.39, 0.29) is 16.9 Å².